The number of carbonyl (C=O) groups excluding carboxylic acids is 1. The Morgan fingerprint density at radius 1 is 1.37 bits per heavy atom. The van der Waals surface area contributed by atoms with E-state index in [0.29, 0.717) is 36.8 Å². The molecule has 0 spiro atoms. The lowest BCUT2D eigenvalue weighted by Gasteiger charge is -2.31. The molecule has 1 fully saturated rings. The fraction of sp³-hybridized carbons (Fsp3) is 0.529. The number of hydrogen-bond donors (Lipinski definition) is 1. The fourth-order valence-electron chi connectivity index (χ4n) is 2.94. The molecule has 2 heterocycles. The van der Waals surface area contributed by atoms with Gasteiger partial charge in [0.05, 0.1) is 11.5 Å². The van der Waals surface area contributed by atoms with Crippen molar-refractivity contribution < 1.29 is 22.4 Å². The van der Waals surface area contributed by atoms with Gasteiger partial charge < -0.3 is 19.4 Å². The van der Waals surface area contributed by atoms with Crippen LogP contribution >= 0.6 is 0 Å². The molecule has 3 rings (SSSR count). The minimum absolute atomic E-state index is 0.119. The third kappa shape index (κ3) is 4.16. The van der Waals surface area contributed by atoms with Crippen LogP contribution in [0, 0.1) is 0 Å². The van der Waals surface area contributed by atoms with E-state index in [4.69, 9.17) is 9.15 Å². The molecule has 1 aliphatic heterocycles. The number of carbonyl (C=O) groups is 1. The van der Waals surface area contributed by atoms with E-state index < -0.39 is 10.0 Å². The summed E-state index contributed by atoms with van der Waals surface area (Å²) >= 11 is 0. The van der Waals surface area contributed by atoms with Crippen LogP contribution < -0.4 is 5.32 Å². The highest BCUT2D eigenvalue weighted by Gasteiger charge is 2.25. The number of ether oxygens (including phenoxy) is 1. The van der Waals surface area contributed by atoms with Crippen molar-refractivity contribution in [2.24, 2.45) is 0 Å². The summed E-state index contributed by atoms with van der Waals surface area (Å²) < 4.78 is 36.3. The maximum absolute atomic E-state index is 12.2. The van der Waals surface area contributed by atoms with Gasteiger partial charge in [-0.2, -0.15) is 4.98 Å². The number of nitrogens with one attached hydrogen (secondary N) is 1. The molecule has 0 bridgehead atoms. The van der Waals surface area contributed by atoms with Gasteiger partial charge in [-0.3, -0.25) is 0 Å². The van der Waals surface area contributed by atoms with E-state index in [9.17, 15) is 13.2 Å². The summed E-state index contributed by atoms with van der Waals surface area (Å²) in [6.07, 6.45) is 1.21. The summed E-state index contributed by atoms with van der Waals surface area (Å²) in [7, 11) is -0.555. The Morgan fingerprint density at radius 3 is 2.70 bits per heavy atom. The zero-order chi connectivity index (χ0) is 19.6. The number of sulfonamides is 1. The molecule has 9 nitrogen and oxygen atoms in total. The van der Waals surface area contributed by atoms with E-state index >= 15 is 0 Å². The number of oxazole rings is 1. The van der Waals surface area contributed by atoms with Gasteiger partial charge in [0.25, 0.3) is 6.01 Å². The molecule has 1 N–H and O–H groups in total. The number of amides is 1. The van der Waals surface area contributed by atoms with Crippen molar-refractivity contribution in [2.75, 3.05) is 39.1 Å². The molecule has 1 saturated heterocycles. The van der Waals surface area contributed by atoms with Crippen LogP contribution in [0.3, 0.4) is 0 Å². The van der Waals surface area contributed by atoms with Gasteiger partial charge in [0, 0.05) is 33.2 Å². The first-order chi connectivity index (χ1) is 12.8. The summed E-state index contributed by atoms with van der Waals surface area (Å²) in [5.41, 5.74) is 0.989. The minimum atomic E-state index is -3.52. The second kappa shape index (κ2) is 7.73. The molecule has 2 aromatic rings. The van der Waals surface area contributed by atoms with Crippen molar-refractivity contribution in [3.05, 3.63) is 18.2 Å². The molecule has 0 atom stereocenters. The fourth-order valence-corrected chi connectivity index (χ4v) is 3.86. The highest BCUT2D eigenvalue weighted by atomic mass is 32.2. The minimum Gasteiger partial charge on any atom is -0.450 e. The van der Waals surface area contributed by atoms with Crippen LogP contribution in [0.25, 0.3) is 11.1 Å². The third-order valence-electron chi connectivity index (χ3n) is 4.49. The second-order valence-electron chi connectivity index (χ2n) is 6.54. The second-order valence-corrected chi connectivity index (χ2v) is 8.69. The number of benzene rings is 1. The first-order valence-electron chi connectivity index (χ1n) is 8.82. The van der Waals surface area contributed by atoms with Crippen molar-refractivity contribution in [1.29, 1.82) is 0 Å². The summed E-state index contributed by atoms with van der Waals surface area (Å²) in [6.45, 7) is 3.35. The zero-order valence-electron chi connectivity index (χ0n) is 15.6. The summed E-state index contributed by atoms with van der Waals surface area (Å²) in [4.78, 5) is 18.0. The van der Waals surface area contributed by atoms with E-state index in [1.165, 1.54) is 26.2 Å². The van der Waals surface area contributed by atoms with Crippen LogP contribution in [0.4, 0.5) is 10.8 Å². The number of piperidine rings is 1. The Balaban J connectivity index is 1.67. The number of fused-ring (bicyclic) bond motifs is 1. The SMILES string of the molecule is CCOC(=O)N1CCC(Nc2nc3cc(S(=O)(=O)N(C)C)ccc3o2)CC1. The standard InChI is InChI=1S/C17H24N4O5S/c1-4-25-17(22)21-9-7-12(8-10-21)18-16-19-14-11-13(5-6-15(14)26-16)27(23,24)20(2)3/h5-6,11-12H,4,7-10H2,1-3H3,(H,18,19). The Morgan fingerprint density at radius 2 is 2.07 bits per heavy atom. The van der Waals surface area contributed by atoms with Crippen LogP contribution in [-0.2, 0) is 14.8 Å². The summed E-state index contributed by atoms with van der Waals surface area (Å²) in [6, 6.07) is 5.08. The lowest BCUT2D eigenvalue weighted by Crippen LogP contribution is -2.42. The van der Waals surface area contributed by atoms with Gasteiger partial charge in [-0.1, -0.05) is 0 Å². The van der Waals surface area contributed by atoms with Crippen LogP contribution in [0.15, 0.2) is 27.5 Å². The van der Waals surface area contributed by atoms with Crippen LogP contribution in [0.5, 0.6) is 0 Å². The lowest BCUT2D eigenvalue weighted by atomic mass is 10.1. The zero-order valence-corrected chi connectivity index (χ0v) is 16.5. The van der Waals surface area contributed by atoms with E-state index in [-0.39, 0.29) is 17.0 Å². The average molecular weight is 396 g/mol. The number of aromatic nitrogens is 1. The normalized spacial score (nSPS) is 16.1. The van der Waals surface area contributed by atoms with Crippen LogP contribution in [0.2, 0.25) is 0 Å². The van der Waals surface area contributed by atoms with Crippen molar-refractivity contribution in [2.45, 2.75) is 30.7 Å². The predicted molar refractivity (Wildman–Crippen MR) is 100 cm³/mol. The largest absolute Gasteiger partial charge is 0.450 e. The molecule has 0 aliphatic carbocycles. The van der Waals surface area contributed by atoms with Gasteiger partial charge >= 0.3 is 6.09 Å². The molecule has 148 valence electrons. The Hall–Kier alpha value is -2.33. The number of anilines is 1. The Labute approximate surface area is 158 Å². The highest BCUT2D eigenvalue weighted by Crippen LogP contribution is 2.25. The molecule has 1 aliphatic rings. The Bertz CT molecular complexity index is 917. The summed E-state index contributed by atoms with van der Waals surface area (Å²) in [5.74, 6) is 0. The lowest BCUT2D eigenvalue weighted by molar-refractivity contribution is 0.0982. The van der Waals surface area contributed by atoms with Gasteiger partial charge in [0.15, 0.2) is 5.58 Å². The first kappa shape index (κ1) is 19.4. The van der Waals surface area contributed by atoms with Crippen molar-refractivity contribution >= 4 is 33.2 Å². The Kier molecular flexibility index (Phi) is 5.56. The third-order valence-corrected chi connectivity index (χ3v) is 6.30. The number of likely N-dealkylation sites (tertiary alicyclic amines) is 1. The maximum atomic E-state index is 12.2. The molecular weight excluding hydrogens is 372 g/mol. The van der Waals surface area contributed by atoms with Gasteiger partial charge in [-0.25, -0.2) is 17.5 Å². The molecule has 1 aromatic carbocycles. The quantitative estimate of drug-likeness (QED) is 0.825. The van der Waals surface area contributed by atoms with Crippen LogP contribution in [0.1, 0.15) is 19.8 Å². The van der Waals surface area contributed by atoms with Gasteiger partial charge in [0.1, 0.15) is 5.52 Å². The van der Waals surface area contributed by atoms with Crippen LogP contribution in [-0.4, -0.2) is 68.5 Å². The molecule has 10 heteroatoms. The monoisotopic (exact) mass is 396 g/mol. The number of hydrogen-bond acceptors (Lipinski definition) is 7. The molecule has 1 aromatic heterocycles. The average Bonchev–Trinajstić information content (AvgIpc) is 3.03. The predicted octanol–water partition coefficient (Wildman–Crippen LogP) is 2.11. The van der Waals surface area contributed by atoms with E-state index in [1.807, 2.05) is 0 Å². The molecular formula is C17H24N4O5S. The van der Waals surface area contributed by atoms with E-state index in [2.05, 4.69) is 10.3 Å². The van der Waals surface area contributed by atoms with E-state index in [0.717, 1.165) is 17.1 Å². The summed E-state index contributed by atoms with van der Waals surface area (Å²) in [5, 5.41) is 3.23. The molecule has 27 heavy (non-hydrogen) atoms. The highest BCUT2D eigenvalue weighted by molar-refractivity contribution is 7.89. The smallest absolute Gasteiger partial charge is 0.409 e. The number of nitrogens with zero attached hydrogens (tertiary/aromatic N) is 3. The molecule has 0 radical (unpaired) electrons. The van der Waals surface area contributed by atoms with Gasteiger partial charge in [-0.15, -0.1) is 0 Å². The van der Waals surface area contributed by atoms with E-state index in [1.54, 1.807) is 17.9 Å². The van der Waals surface area contributed by atoms with Crippen molar-refractivity contribution in [1.82, 2.24) is 14.2 Å². The topological polar surface area (TPSA) is 105 Å². The maximum Gasteiger partial charge on any atom is 0.409 e. The molecule has 0 unspecified atom stereocenters. The first-order valence-corrected chi connectivity index (χ1v) is 10.3. The molecule has 1 amide bonds. The van der Waals surface area contributed by atoms with Crippen molar-refractivity contribution in [3.8, 4) is 0 Å². The number of rotatable bonds is 5. The molecule has 0 saturated carbocycles. The van der Waals surface area contributed by atoms with Crippen molar-refractivity contribution in [3.63, 3.8) is 0 Å². The van der Waals surface area contributed by atoms with Gasteiger partial charge in [-0.05, 0) is 38.0 Å². The van der Waals surface area contributed by atoms with Gasteiger partial charge in [0.2, 0.25) is 10.0 Å².